The van der Waals surface area contributed by atoms with Crippen molar-refractivity contribution < 1.29 is 26.7 Å². The van der Waals surface area contributed by atoms with E-state index in [0.29, 0.717) is 26.2 Å². The minimum atomic E-state index is -2.98. The molecule has 39 heavy (non-hydrogen) atoms. The van der Waals surface area contributed by atoms with E-state index in [2.05, 4.69) is 0 Å². The third-order valence-corrected chi connectivity index (χ3v) is 9.98. The molecule has 0 bridgehead atoms. The molecule has 0 aliphatic carbocycles. The molecule has 9 nitrogen and oxygen atoms in total. The molecule has 2 aromatic carbocycles. The lowest BCUT2D eigenvalue weighted by Gasteiger charge is -2.29. The third kappa shape index (κ3) is 7.37. The van der Waals surface area contributed by atoms with Gasteiger partial charge in [-0.3, -0.25) is 0 Å². The Morgan fingerprint density at radius 2 is 1.10 bits per heavy atom. The van der Waals surface area contributed by atoms with Crippen molar-refractivity contribution in [3.63, 3.8) is 0 Å². The summed E-state index contributed by atoms with van der Waals surface area (Å²) in [4.78, 5) is 15.2. The van der Waals surface area contributed by atoms with Crippen molar-refractivity contribution in [2.75, 3.05) is 59.0 Å². The summed E-state index contributed by atoms with van der Waals surface area (Å²) in [5, 5.41) is 18.0. The van der Waals surface area contributed by atoms with Gasteiger partial charge in [0.25, 0.3) is 0 Å². The van der Waals surface area contributed by atoms with E-state index in [-0.39, 0.29) is 28.6 Å². The lowest BCUT2D eigenvalue weighted by Crippen LogP contribution is -2.40. The van der Waals surface area contributed by atoms with E-state index < -0.39 is 25.6 Å². The van der Waals surface area contributed by atoms with Gasteiger partial charge in [-0.25, -0.2) is 21.6 Å². The standard InChI is InChI=1S/C28H29N3O6S2/c29-21-24(28(32)33)3-1-2-4-27(22-5-9-25(10-6-22)30-13-17-38(34,35)18-14-30)23-7-11-26(12-8-23)31-15-19-39(36,37)20-16-31/h1-12H,13-20H2,(H,32,33)/b2-1+,24-3+. The number of carboxylic acid groups (broad SMARTS) is 1. The molecule has 0 amide bonds. The molecule has 0 radical (unpaired) electrons. The number of nitriles is 1. The lowest BCUT2D eigenvalue weighted by atomic mass is 9.96. The van der Waals surface area contributed by atoms with E-state index in [4.69, 9.17) is 10.4 Å². The first kappa shape index (κ1) is 28.1. The average Bonchev–Trinajstić information content (AvgIpc) is 2.91. The normalized spacial score (nSPS) is 18.9. The van der Waals surface area contributed by atoms with E-state index in [9.17, 15) is 21.6 Å². The van der Waals surface area contributed by atoms with Crippen LogP contribution in [0.5, 0.6) is 0 Å². The van der Waals surface area contributed by atoms with Gasteiger partial charge in [0.15, 0.2) is 19.7 Å². The maximum atomic E-state index is 11.8. The topological polar surface area (TPSA) is 136 Å². The van der Waals surface area contributed by atoms with Crippen LogP contribution in [0, 0.1) is 11.3 Å². The molecule has 11 heteroatoms. The van der Waals surface area contributed by atoms with Crippen LogP contribution in [-0.4, -0.2) is 77.1 Å². The number of carbonyl (C=O) groups is 1. The number of allylic oxidation sites excluding steroid dienone is 4. The van der Waals surface area contributed by atoms with Gasteiger partial charge in [-0.15, -0.1) is 0 Å². The van der Waals surface area contributed by atoms with Gasteiger partial charge < -0.3 is 14.9 Å². The van der Waals surface area contributed by atoms with Crippen molar-refractivity contribution in [2.45, 2.75) is 0 Å². The molecule has 2 aromatic rings. The first-order valence-corrected chi connectivity index (χ1v) is 16.0. The molecule has 0 atom stereocenters. The van der Waals surface area contributed by atoms with Gasteiger partial charge in [-0.2, -0.15) is 5.26 Å². The van der Waals surface area contributed by atoms with Crippen molar-refractivity contribution in [1.29, 1.82) is 5.26 Å². The average molecular weight is 568 g/mol. The summed E-state index contributed by atoms with van der Waals surface area (Å²) in [5.74, 6) is -0.764. The molecule has 0 unspecified atom stereocenters. The molecule has 0 saturated carbocycles. The highest BCUT2D eigenvalue weighted by molar-refractivity contribution is 7.91. The first-order chi connectivity index (χ1) is 18.6. The number of sulfone groups is 2. The molecule has 204 valence electrons. The van der Waals surface area contributed by atoms with Crippen LogP contribution in [0.3, 0.4) is 0 Å². The highest BCUT2D eigenvalue weighted by Gasteiger charge is 2.23. The lowest BCUT2D eigenvalue weighted by molar-refractivity contribution is -0.132. The van der Waals surface area contributed by atoms with Crippen LogP contribution in [0.1, 0.15) is 11.1 Å². The zero-order chi connectivity index (χ0) is 28.0. The molecular weight excluding hydrogens is 538 g/mol. The largest absolute Gasteiger partial charge is 0.477 e. The molecule has 2 aliphatic rings. The summed E-state index contributed by atoms with van der Waals surface area (Å²) >= 11 is 0. The van der Waals surface area contributed by atoms with Crippen LogP contribution in [0.25, 0.3) is 5.57 Å². The van der Waals surface area contributed by atoms with Gasteiger partial charge in [0, 0.05) is 37.6 Å². The van der Waals surface area contributed by atoms with Crippen molar-refractivity contribution in [3.8, 4) is 6.07 Å². The van der Waals surface area contributed by atoms with E-state index in [1.807, 2.05) is 64.4 Å². The zero-order valence-electron chi connectivity index (χ0n) is 21.2. The predicted octanol–water partition coefficient (Wildman–Crippen LogP) is 2.68. The SMILES string of the molecule is N#C/C(=C\C=C\C=C(c1ccc(N2CCS(=O)(=O)CC2)cc1)c1ccc(N2CCS(=O)(=O)CC2)cc1)C(=O)O. The molecule has 0 spiro atoms. The number of hydrogen-bond donors (Lipinski definition) is 1. The minimum Gasteiger partial charge on any atom is -0.477 e. The second kappa shape index (κ2) is 11.9. The van der Waals surface area contributed by atoms with Crippen LogP contribution >= 0.6 is 0 Å². The van der Waals surface area contributed by atoms with Crippen LogP contribution < -0.4 is 9.80 Å². The maximum Gasteiger partial charge on any atom is 0.346 e. The number of nitrogens with zero attached hydrogens (tertiary/aromatic N) is 3. The van der Waals surface area contributed by atoms with Gasteiger partial charge in [0.1, 0.15) is 11.6 Å². The van der Waals surface area contributed by atoms with Crippen LogP contribution in [0.2, 0.25) is 0 Å². The summed E-state index contributed by atoms with van der Waals surface area (Å²) in [7, 11) is -5.96. The van der Waals surface area contributed by atoms with Gasteiger partial charge in [0.2, 0.25) is 0 Å². The van der Waals surface area contributed by atoms with Crippen molar-refractivity contribution >= 4 is 42.6 Å². The Morgan fingerprint density at radius 3 is 1.46 bits per heavy atom. The fourth-order valence-electron chi connectivity index (χ4n) is 4.46. The van der Waals surface area contributed by atoms with E-state index >= 15 is 0 Å². The third-order valence-electron chi connectivity index (χ3n) is 6.76. The number of carboxylic acids is 1. The second-order valence-corrected chi connectivity index (χ2v) is 13.9. The fourth-order valence-corrected chi connectivity index (χ4v) is 6.87. The Kier molecular flexibility index (Phi) is 8.57. The fraction of sp³-hybridized carbons (Fsp3) is 0.286. The number of rotatable bonds is 7. The predicted molar refractivity (Wildman–Crippen MR) is 152 cm³/mol. The Balaban J connectivity index is 1.60. The van der Waals surface area contributed by atoms with Crippen molar-refractivity contribution in [2.24, 2.45) is 0 Å². The Bertz CT molecular complexity index is 1450. The van der Waals surface area contributed by atoms with Gasteiger partial charge in [0.05, 0.1) is 23.0 Å². The number of hydrogen-bond acceptors (Lipinski definition) is 8. The second-order valence-electron chi connectivity index (χ2n) is 9.33. The smallest absolute Gasteiger partial charge is 0.346 e. The highest BCUT2D eigenvalue weighted by Crippen LogP contribution is 2.29. The quantitative estimate of drug-likeness (QED) is 0.304. The summed E-state index contributed by atoms with van der Waals surface area (Å²) in [5.41, 5.74) is 4.14. The van der Waals surface area contributed by atoms with E-state index in [1.54, 1.807) is 12.1 Å². The molecule has 2 heterocycles. The summed E-state index contributed by atoms with van der Waals surface area (Å²) in [6, 6.07) is 17.3. The highest BCUT2D eigenvalue weighted by atomic mass is 32.2. The summed E-state index contributed by atoms with van der Waals surface area (Å²) in [6.07, 6.45) is 6.23. The first-order valence-electron chi connectivity index (χ1n) is 12.4. The number of aliphatic carboxylic acids is 1. The van der Waals surface area contributed by atoms with Gasteiger partial charge in [-0.05, 0) is 47.0 Å². The summed E-state index contributed by atoms with van der Waals surface area (Å²) < 4.78 is 47.1. The molecule has 2 aliphatic heterocycles. The van der Waals surface area contributed by atoms with Crippen LogP contribution in [-0.2, 0) is 24.5 Å². The maximum absolute atomic E-state index is 11.8. The van der Waals surface area contributed by atoms with E-state index in [0.717, 1.165) is 28.1 Å². The molecule has 0 aromatic heterocycles. The van der Waals surface area contributed by atoms with Gasteiger partial charge >= 0.3 is 5.97 Å². The van der Waals surface area contributed by atoms with Crippen molar-refractivity contribution in [1.82, 2.24) is 0 Å². The monoisotopic (exact) mass is 567 g/mol. The van der Waals surface area contributed by atoms with Crippen LogP contribution in [0.4, 0.5) is 11.4 Å². The van der Waals surface area contributed by atoms with Crippen molar-refractivity contribution in [3.05, 3.63) is 89.5 Å². The van der Waals surface area contributed by atoms with Crippen LogP contribution in [0.15, 0.2) is 78.4 Å². The molecule has 1 N–H and O–H groups in total. The molecule has 4 rings (SSSR count). The Hall–Kier alpha value is -3.88. The molecular formula is C28H29N3O6S2. The zero-order valence-corrected chi connectivity index (χ0v) is 22.9. The van der Waals surface area contributed by atoms with E-state index in [1.165, 1.54) is 12.2 Å². The van der Waals surface area contributed by atoms with Gasteiger partial charge in [-0.1, -0.05) is 42.5 Å². The number of anilines is 2. The molecule has 2 fully saturated rings. The minimum absolute atomic E-state index is 0.133. The Labute approximate surface area is 228 Å². The number of benzene rings is 2. The Morgan fingerprint density at radius 1 is 0.718 bits per heavy atom. The molecule has 2 saturated heterocycles. The summed E-state index contributed by atoms with van der Waals surface area (Å²) in [6.45, 7) is 1.79.